The van der Waals surface area contributed by atoms with E-state index in [1.165, 1.54) is 0 Å². The Hall–Kier alpha value is -1.79. The second kappa shape index (κ2) is 6.78. The molecule has 3 atom stereocenters. The fraction of sp³-hybridized carbons (Fsp3) is 0.429. The fourth-order valence-electron chi connectivity index (χ4n) is 2.24. The van der Waals surface area contributed by atoms with Gasteiger partial charge in [0.1, 0.15) is 0 Å². The van der Waals surface area contributed by atoms with Crippen LogP contribution >= 0.6 is 11.6 Å². The summed E-state index contributed by atoms with van der Waals surface area (Å²) in [6.07, 6.45) is 0.623. The number of carboxylic acid groups (broad SMARTS) is 1. The number of aliphatic carboxylic acids is 1. The van der Waals surface area contributed by atoms with Crippen LogP contribution in [0.1, 0.15) is 24.9 Å². The standard InChI is InChI=1S/C14H17ClN2O4/c1-8-11(6-7-21-8)16-14(20)17-12(13(18)19)9-4-2-3-5-10(9)15/h2-5,8,11-12H,6-7H2,1H3,(H,18,19)(H2,16,17,20)/t8?,11?,12-/m1/s1. The number of carboxylic acids is 1. The van der Waals surface area contributed by atoms with Crippen molar-refractivity contribution in [1.29, 1.82) is 0 Å². The van der Waals surface area contributed by atoms with E-state index >= 15 is 0 Å². The van der Waals surface area contributed by atoms with E-state index in [0.717, 1.165) is 0 Å². The normalized spacial score (nSPS) is 22.6. The number of amides is 2. The molecule has 0 aliphatic carbocycles. The maximum absolute atomic E-state index is 12.0. The Bertz CT molecular complexity index is 537. The van der Waals surface area contributed by atoms with E-state index < -0.39 is 18.0 Å². The molecule has 1 aliphatic heterocycles. The van der Waals surface area contributed by atoms with Crippen LogP contribution in [0.15, 0.2) is 24.3 Å². The van der Waals surface area contributed by atoms with Crippen LogP contribution in [0.25, 0.3) is 0 Å². The highest BCUT2D eigenvalue weighted by atomic mass is 35.5. The summed E-state index contributed by atoms with van der Waals surface area (Å²) in [5.41, 5.74) is 0.345. The number of rotatable bonds is 4. The van der Waals surface area contributed by atoms with Crippen molar-refractivity contribution in [2.24, 2.45) is 0 Å². The number of hydrogen-bond acceptors (Lipinski definition) is 3. The zero-order chi connectivity index (χ0) is 15.4. The highest BCUT2D eigenvalue weighted by Gasteiger charge is 2.28. The molecule has 2 unspecified atom stereocenters. The Morgan fingerprint density at radius 3 is 2.71 bits per heavy atom. The monoisotopic (exact) mass is 312 g/mol. The molecule has 1 aromatic carbocycles. The van der Waals surface area contributed by atoms with Crippen molar-refractivity contribution in [3.05, 3.63) is 34.9 Å². The summed E-state index contributed by atoms with van der Waals surface area (Å²) in [5.74, 6) is -1.17. The number of halogens is 1. The van der Waals surface area contributed by atoms with Gasteiger partial charge in [-0.1, -0.05) is 29.8 Å². The van der Waals surface area contributed by atoms with Gasteiger partial charge >= 0.3 is 12.0 Å². The van der Waals surface area contributed by atoms with Crippen molar-refractivity contribution in [2.45, 2.75) is 31.5 Å². The fourth-order valence-corrected chi connectivity index (χ4v) is 2.49. The predicted octanol–water partition coefficient (Wildman–Crippen LogP) is 1.94. The summed E-state index contributed by atoms with van der Waals surface area (Å²) in [5, 5.41) is 14.7. The Morgan fingerprint density at radius 1 is 1.43 bits per heavy atom. The molecule has 1 fully saturated rings. The summed E-state index contributed by atoms with van der Waals surface area (Å²) in [7, 11) is 0. The number of ether oxygens (including phenoxy) is 1. The van der Waals surface area contributed by atoms with Gasteiger partial charge in [0.2, 0.25) is 0 Å². The van der Waals surface area contributed by atoms with Crippen LogP contribution in [-0.2, 0) is 9.53 Å². The van der Waals surface area contributed by atoms with Gasteiger partial charge in [0.05, 0.1) is 12.1 Å². The van der Waals surface area contributed by atoms with Crippen molar-refractivity contribution in [2.75, 3.05) is 6.61 Å². The molecule has 0 bridgehead atoms. The van der Waals surface area contributed by atoms with Crippen LogP contribution in [0.3, 0.4) is 0 Å². The number of carbonyl (C=O) groups excluding carboxylic acids is 1. The lowest BCUT2D eigenvalue weighted by molar-refractivity contribution is -0.139. The molecule has 6 nitrogen and oxygen atoms in total. The van der Waals surface area contributed by atoms with Gasteiger partial charge in [-0.15, -0.1) is 0 Å². The van der Waals surface area contributed by atoms with Crippen LogP contribution in [0.5, 0.6) is 0 Å². The molecule has 0 radical (unpaired) electrons. The van der Waals surface area contributed by atoms with E-state index in [1.807, 2.05) is 6.92 Å². The third-order valence-electron chi connectivity index (χ3n) is 3.43. The first-order valence-corrected chi connectivity index (χ1v) is 7.02. The van der Waals surface area contributed by atoms with Crippen LogP contribution in [0.4, 0.5) is 4.79 Å². The maximum atomic E-state index is 12.0. The zero-order valence-corrected chi connectivity index (χ0v) is 12.3. The largest absolute Gasteiger partial charge is 0.479 e. The highest BCUT2D eigenvalue weighted by Crippen LogP contribution is 2.23. The Morgan fingerprint density at radius 2 is 2.14 bits per heavy atom. The summed E-state index contributed by atoms with van der Waals surface area (Å²) >= 11 is 5.98. The maximum Gasteiger partial charge on any atom is 0.331 e. The Balaban J connectivity index is 2.05. The number of hydrogen-bond donors (Lipinski definition) is 3. The molecular formula is C14H17ClN2O4. The molecule has 2 amide bonds. The second-order valence-electron chi connectivity index (χ2n) is 4.88. The molecule has 21 heavy (non-hydrogen) atoms. The molecule has 0 spiro atoms. The first kappa shape index (κ1) is 15.6. The first-order valence-electron chi connectivity index (χ1n) is 6.65. The molecule has 0 saturated carbocycles. The average molecular weight is 313 g/mol. The van der Waals surface area contributed by atoms with E-state index in [1.54, 1.807) is 24.3 Å². The molecule has 1 saturated heterocycles. The summed E-state index contributed by atoms with van der Waals surface area (Å²) < 4.78 is 5.34. The number of carbonyl (C=O) groups is 2. The lowest BCUT2D eigenvalue weighted by Crippen LogP contribution is -2.47. The highest BCUT2D eigenvalue weighted by molar-refractivity contribution is 6.31. The van der Waals surface area contributed by atoms with Crippen molar-refractivity contribution >= 4 is 23.6 Å². The zero-order valence-electron chi connectivity index (χ0n) is 11.5. The minimum absolute atomic E-state index is 0.0839. The SMILES string of the molecule is CC1OCCC1NC(=O)N[C@@H](C(=O)O)c1ccccc1Cl. The predicted molar refractivity (Wildman–Crippen MR) is 77.3 cm³/mol. The van der Waals surface area contributed by atoms with Gasteiger partial charge in [0.25, 0.3) is 0 Å². The molecule has 1 heterocycles. The van der Waals surface area contributed by atoms with Crippen LogP contribution < -0.4 is 10.6 Å². The van der Waals surface area contributed by atoms with Crippen molar-refractivity contribution in [1.82, 2.24) is 10.6 Å². The molecule has 114 valence electrons. The van der Waals surface area contributed by atoms with E-state index in [4.69, 9.17) is 16.3 Å². The molecule has 7 heteroatoms. The minimum atomic E-state index is -1.20. The van der Waals surface area contributed by atoms with Gasteiger partial charge in [0, 0.05) is 17.2 Å². The van der Waals surface area contributed by atoms with Crippen molar-refractivity contribution in [3.63, 3.8) is 0 Å². The Kier molecular flexibility index (Phi) is 5.03. The van der Waals surface area contributed by atoms with Crippen LogP contribution in [0.2, 0.25) is 5.02 Å². The quantitative estimate of drug-likeness (QED) is 0.793. The van der Waals surface area contributed by atoms with E-state index in [9.17, 15) is 14.7 Å². The topological polar surface area (TPSA) is 87.7 Å². The third kappa shape index (κ3) is 3.86. The van der Waals surface area contributed by atoms with Gasteiger partial charge in [0.15, 0.2) is 6.04 Å². The minimum Gasteiger partial charge on any atom is -0.479 e. The van der Waals surface area contributed by atoms with Crippen molar-refractivity contribution in [3.8, 4) is 0 Å². The molecule has 1 aromatic rings. The van der Waals surface area contributed by atoms with E-state index in [-0.39, 0.29) is 12.1 Å². The molecular weight excluding hydrogens is 296 g/mol. The average Bonchev–Trinajstić information content (AvgIpc) is 2.82. The Labute approximate surface area is 127 Å². The van der Waals surface area contributed by atoms with Gasteiger partial charge < -0.3 is 20.5 Å². The molecule has 2 rings (SSSR count). The van der Waals surface area contributed by atoms with Gasteiger partial charge in [-0.05, 0) is 19.4 Å². The lowest BCUT2D eigenvalue weighted by atomic mass is 10.1. The second-order valence-corrected chi connectivity index (χ2v) is 5.29. The van der Waals surface area contributed by atoms with Gasteiger partial charge in [-0.2, -0.15) is 0 Å². The van der Waals surface area contributed by atoms with Gasteiger partial charge in [-0.3, -0.25) is 0 Å². The van der Waals surface area contributed by atoms with Crippen LogP contribution in [0, 0.1) is 0 Å². The summed E-state index contributed by atoms with van der Waals surface area (Å²) in [6, 6.07) is 4.65. The molecule has 3 N–H and O–H groups in total. The number of urea groups is 1. The summed E-state index contributed by atoms with van der Waals surface area (Å²) in [4.78, 5) is 23.3. The molecule has 0 aromatic heterocycles. The number of nitrogens with one attached hydrogen (secondary N) is 2. The van der Waals surface area contributed by atoms with E-state index in [0.29, 0.717) is 23.6 Å². The van der Waals surface area contributed by atoms with E-state index in [2.05, 4.69) is 10.6 Å². The number of benzene rings is 1. The summed E-state index contributed by atoms with van der Waals surface area (Å²) in [6.45, 7) is 2.44. The first-order chi connectivity index (χ1) is 9.99. The van der Waals surface area contributed by atoms with Gasteiger partial charge in [-0.25, -0.2) is 9.59 Å². The smallest absolute Gasteiger partial charge is 0.331 e. The molecule has 1 aliphatic rings. The third-order valence-corrected chi connectivity index (χ3v) is 3.78. The van der Waals surface area contributed by atoms with Crippen LogP contribution in [-0.4, -0.2) is 35.9 Å². The van der Waals surface area contributed by atoms with Crippen molar-refractivity contribution < 1.29 is 19.4 Å². The lowest BCUT2D eigenvalue weighted by Gasteiger charge is -2.20.